The number of nitrogens with zero attached hydrogens (tertiary/aromatic N) is 2. The highest BCUT2D eigenvalue weighted by molar-refractivity contribution is 5.18. The number of aryl methyl sites for hydroxylation is 1. The van der Waals surface area contributed by atoms with Gasteiger partial charge in [0.25, 0.3) is 0 Å². The summed E-state index contributed by atoms with van der Waals surface area (Å²) >= 11 is 0. The fourth-order valence-corrected chi connectivity index (χ4v) is 2.54. The number of aliphatic hydroxyl groups is 1. The number of aromatic nitrogens is 2. The molecule has 2 atom stereocenters. The summed E-state index contributed by atoms with van der Waals surface area (Å²) in [4.78, 5) is 0. The lowest BCUT2D eigenvalue weighted by Crippen LogP contribution is -2.26. The van der Waals surface area contributed by atoms with Crippen LogP contribution in [0.2, 0.25) is 0 Å². The van der Waals surface area contributed by atoms with Crippen LogP contribution in [0.4, 0.5) is 0 Å². The Morgan fingerprint density at radius 1 is 1.38 bits per heavy atom. The first-order chi connectivity index (χ1) is 7.39. The van der Waals surface area contributed by atoms with E-state index in [1.54, 1.807) is 0 Å². The number of hydrogen-bond donors (Lipinski definition) is 1. The molecule has 0 amide bonds. The third-order valence-corrected chi connectivity index (χ3v) is 3.38. The van der Waals surface area contributed by atoms with Crippen LogP contribution in [0.25, 0.3) is 0 Å². The molecule has 0 bridgehead atoms. The van der Waals surface area contributed by atoms with E-state index in [0.29, 0.717) is 0 Å². The van der Waals surface area contributed by atoms with Gasteiger partial charge in [-0.1, -0.05) is 20.8 Å². The summed E-state index contributed by atoms with van der Waals surface area (Å²) < 4.78 is 2.06. The maximum absolute atomic E-state index is 9.98. The number of aliphatic hydroxyl groups excluding tert-OH is 1. The molecule has 2 rings (SSSR count). The summed E-state index contributed by atoms with van der Waals surface area (Å²) in [5.74, 6) is 0. The molecular formula is C13H22N2O. The largest absolute Gasteiger partial charge is 0.391 e. The van der Waals surface area contributed by atoms with Gasteiger partial charge in [-0.15, -0.1) is 0 Å². The summed E-state index contributed by atoms with van der Waals surface area (Å²) in [6.07, 6.45) is 2.84. The molecule has 0 aromatic carbocycles. The molecule has 0 saturated heterocycles. The quantitative estimate of drug-likeness (QED) is 0.793. The lowest BCUT2D eigenvalue weighted by Gasteiger charge is -2.25. The van der Waals surface area contributed by atoms with Crippen molar-refractivity contribution in [1.82, 2.24) is 9.78 Å². The topological polar surface area (TPSA) is 38.0 Å². The molecule has 0 aliphatic heterocycles. The summed E-state index contributed by atoms with van der Waals surface area (Å²) in [7, 11) is 0. The third-order valence-electron chi connectivity index (χ3n) is 3.38. The lowest BCUT2D eigenvalue weighted by molar-refractivity contribution is 0.126. The van der Waals surface area contributed by atoms with Gasteiger partial charge in [0.15, 0.2) is 0 Å². The van der Waals surface area contributed by atoms with Crippen molar-refractivity contribution in [2.75, 3.05) is 0 Å². The predicted molar refractivity (Wildman–Crippen MR) is 64.6 cm³/mol. The van der Waals surface area contributed by atoms with Gasteiger partial charge in [0, 0.05) is 11.1 Å². The molecule has 1 aromatic rings. The van der Waals surface area contributed by atoms with Crippen LogP contribution < -0.4 is 0 Å². The van der Waals surface area contributed by atoms with Crippen molar-refractivity contribution in [3.63, 3.8) is 0 Å². The molecule has 2 unspecified atom stereocenters. The Balaban J connectivity index is 2.40. The van der Waals surface area contributed by atoms with Crippen LogP contribution in [0.3, 0.4) is 0 Å². The van der Waals surface area contributed by atoms with Crippen LogP contribution in [-0.4, -0.2) is 21.0 Å². The summed E-state index contributed by atoms with van der Waals surface area (Å²) in [5, 5.41) is 14.5. The van der Waals surface area contributed by atoms with Crippen molar-refractivity contribution in [3.8, 4) is 0 Å². The number of rotatable bonds is 1. The molecule has 1 fully saturated rings. The van der Waals surface area contributed by atoms with Crippen LogP contribution in [-0.2, 0) is 5.41 Å². The van der Waals surface area contributed by atoms with Crippen LogP contribution >= 0.6 is 0 Å². The van der Waals surface area contributed by atoms with Gasteiger partial charge in [-0.3, -0.25) is 4.68 Å². The average Bonchev–Trinajstić information content (AvgIpc) is 2.70. The van der Waals surface area contributed by atoms with Crippen LogP contribution in [0.15, 0.2) is 6.07 Å². The molecule has 3 heteroatoms. The number of hydrogen-bond acceptors (Lipinski definition) is 2. The average molecular weight is 222 g/mol. The van der Waals surface area contributed by atoms with Crippen molar-refractivity contribution in [2.45, 2.75) is 64.5 Å². The van der Waals surface area contributed by atoms with Gasteiger partial charge in [0.05, 0.1) is 17.8 Å². The normalized spacial score (nSPS) is 26.3. The summed E-state index contributed by atoms with van der Waals surface area (Å²) in [5.41, 5.74) is 2.36. The van der Waals surface area contributed by atoms with Gasteiger partial charge >= 0.3 is 0 Å². The Kier molecular flexibility index (Phi) is 2.82. The second-order valence-corrected chi connectivity index (χ2v) is 5.93. The highest BCUT2D eigenvalue weighted by Gasteiger charge is 2.31. The van der Waals surface area contributed by atoms with E-state index in [4.69, 9.17) is 0 Å². The van der Waals surface area contributed by atoms with Crippen molar-refractivity contribution in [2.24, 2.45) is 0 Å². The molecule has 1 saturated carbocycles. The minimum Gasteiger partial charge on any atom is -0.391 e. The second kappa shape index (κ2) is 3.88. The first kappa shape index (κ1) is 11.6. The van der Waals surface area contributed by atoms with E-state index in [1.165, 1.54) is 5.69 Å². The Labute approximate surface area is 97.5 Å². The highest BCUT2D eigenvalue weighted by Crippen LogP contribution is 2.34. The molecule has 16 heavy (non-hydrogen) atoms. The first-order valence-corrected chi connectivity index (χ1v) is 6.14. The minimum atomic E-state index is -0.222. The van der Waals surface area contributed by atoms with E-state index in [9.17, 15) is 5.11 Å². The van der Waals surface area contributed by atoms with Gasteiger partial charge in [-0.25, -0.2) is 0 Å². The second-order valence-electron chi connectivity index (χ2n) is 5.93. The van der Waals surface area contributed by atoms with E-state index in [0.717, 1.165) is 25.0 Å². The Morgan fingerprint density at radius 3 is 2.56 bits per heavy atom. The van der Waals surface area contributed by atoms with Crippen molar-refractivity contribution >= 4 is 0 Å². The zero-order valence-corrected chi connectivity index (χ0v) is 10.7. The lowest BCUT2D eigenvalue weighted by atomic mass is 9.91. The maximum Gasteiger partial charge on any atom is 0.0781 e. The molecule has 1 heterocycles. The van der Waals surface area contributed by atoms with E-state index in [1.807, 2.05) is 6.92 Å². The standard InChI is InChI=1S/C13H22N2O/c1-9-8-12(13(2,3)4)15(14-9)10-6-5-7-11(10)16/h8,10-11,16H,5-7H2,1-4H3. The van der Waals surface area contributed by atoms with Gasteiger partial charge in [0.1, 0.15) is 0 Å². The van der Waals surface area contributed by atoms with Gasteiger partial charge < -0.3 is 5.11 Å². The zero-order chi connectivity index (χ0) is 11.9. The SMILES string of the molecule is Cc1cc(C(C)(C)C)n(C2CCCC2O)n1. The smallest absolute Gasteiger partial charge is 0.0781 e. The maximum atomic E-state index is 9.98. The molecule has 1 aliphatic rings. The molecule has 0 radical (unpaired) electrons. The van der Waals surface area contributed by atoms with E-state index < -0.39 is 0 Å². The summed E-state index contributed by atoms with van der Waals surface area (Å²) in [6.45, 7) is 8.61. The first-order valence-electron chi connectivity index (χ1n) is 6.14. The van der Waals surface area contributed by atoms with Crippen LogP contribution in [0, 0.1) is 6.92 Å². The fraction of sp³-hybridized carbons (Fsp3) is 0.769. The Bertz CT molecular complexity index is 376. The highest BCUT2D eigenvalue weighted by atomic mass is 16.3. The Morgan fingerprint density at radius 2 is 2.06 bits per heavy atom. The van der Waals surface area contributed by atoms with Gasteiger partial charge in [-0.05, 0) is 32.3 Å². The molecule has 3 nitrogen and oxygen atoms in total. The molecule has 1 aliphatic carbocycles. The molecule has 90 valence electrons. The molecule has 1 N–H and O–H groups in total. The predicted octanol–water partition coefficient (Wildman–Crippen LogP) is 2.57. The van der Waals surface area contributed by atoms with Crippen LogP contribution in [0.5, 0.6) is 0 Å². The summed E-state index contributed by atoms with van der Waals surface area (Å²) in [6, 6.07) is 2.33. The molecule has 0 spiro atoms. The van der Waals surface area contributed by atoms with Crippen LogP contribution in [0.1, 0.15) is 57.5 Å². The molecule has 1 aromatic heterocycles. The zero-order valence-electron chi connectivity index (χ0n) is 10.7. The minimum absolute atomic E-state index is 0.0869. The van der Waals surface area contributed by atoms with Crippen molar-refractivity contribution in [3.05, 3.63) is 17.5 Å². The van der Waals surface area contributed by atoms with Crippen molar-refractivity contribution in [1.29, 1.82) is 0 Å². The van der Waals surface area contributed by atoms with Crippen molar-refractivity contribution < 1.29 is 5.11 Å². The molecular weight excluding hydrogens is 200 g/mol. The monoisotopic (exact) mass is 222 g/mol. The van der Waals surface area contributed by atoms with E-state index in [2.05, 4.69) is 36.6 Å². The van der Waals surface area contributed by atoms with Gasteiger partial charge in [0.2, 0.25) is 0 Å². The van der Waals surface area contributed by atoms with Gasteiger partial charge in [-0.2, -0.15) is 5.10 Å². The Hall–Kier alpha value is -0.830. The van der Waals surface area contributed by atoms with E-state index >= 15 is 0 Å². The third kappa shape index (κ3) is 2.01. The fourth-order valence-electron chi connectivity index (χ4n) is 2.54. The van der Waals surface area contributed by atoms with E-state index in [-0.39, 0.29) is 17.6 Å².